The predicted octanol–water partition coefficient (Wildman–Crippen LogP) is 2.86. The molecule has 110 valence electrons. The van der Waals surface area contributed by atoms with Gasteiger partial charge >= 0.3 is 0 Å². The highest BCUT2D eigenvalue weighted by atomic mass is 16.3. The molecule has 2 aromatic carbocycles. The molecule has 0 unspecified atom stereocenters. The molecule has 1 amide bonds. The van der Waals surface area contributed by atoms with Crippen LogP contribution in [0.25, 0.3) is 0 Å². The van der Waals surface area contributed by atoms with Crippen LogP contribution in [0.1, 0.15) is 27.0 Å². The van der Waals surface area contributed by atoms with Gasteiger partial charge in [0.05, 0.1) is 0 Å². The SMILES string of the molecule is Cc1cc(C)c(C(=O)N(C)Cc2cccc(O)c2)cc1N. The van der Waals surface area contributed by atoms with Crippen LogP contribution in [-0.4, -0.2) is 23.0 Å². The summed E-state index contributed by atoms with van der Waals surface area (Å²) >= 11 is 0. The average molecular weight is 284 g/mol. The van der Waals surface area contributed by atoms with Crippen molar-refractivity contribution in [2.45, 2.75) is 20.4 Å². The summed E-state index contributed by atoms with van der Waals surface area (Å²) in [6.07, 6.45) is 0. The number of amides is 1. The third-order valence-electron chi connectivity index (χ3n) is 3.52. The third-order valence-corrected chi connectivity index (χ3v) is 3.52. The van der Waals surface area contributed by atoms with Crippen molar-refractivity contribution in [3.8, 4) is 5.75 Å². The fraction of sp³-hybridized carbons (Fsp3) is 0.235. The number of anilines is 1. The first-order valence-corrected chi connectivity index (χ1v) is 6.78. The molecule has 0 bridgehead atoms. The molecule has 4 heteroatoms. The number of nitrogens with zero attached hydrogens (tertiary/aromatic N) is 1. The van der Waals surface area contributed by atoms with Crippen molar-refractivity contribution in [3.63, 3.8) is 0 Å². The van der Waals surface area contributed by atoms with Crippen LogP contribution in [0, 0.1) is 13.8 Å². The molecule has 2 rings (SSSR count). The van der Waals surface area contributed by atoms with Crippen LogP contribution >= 0.6 is 0 Å². The number of hydrogen-bond acceptors (Lipinski definition) is 3. The first-order chi connectivity index (χ1) is 9.88. The van der Waals surface area contributed by atoms with Gasteiger partial charge in [-0.2, -0.15) is 0 Å². The van der Waals surface area contributed by atoms with Gasteiger partial charge in [0.25, 0.3) is 5.91 Å². The lowest BCUT2D eigenvalue weighted by atomic mass is 10.0. The van der Waals surface area contributed by atoms with E-state index in [0.717, 1.165) is 16.7 Å². The number of carbonyl (C=O) groups excluding carboxylic acids is 1. The summed E-state index contributed by atoms with van der Waals surface area (Å²) < 4.78 is 0. The molecule has 0 saturated carbocycles. The van der Waals surface area contributed by atoms with E-state index in [9.17, 15) is 9.90 Å². The Hall–Kier alpha value is -2.49. The molecule has 21 heavy (non-hydrogen) atoms. The zero-order chi connectivity index (χ0) is 15.6. The molecule has 2 aromatic rings. The fourth-order valence-corrected chi connectivity index (χ4v) is 2.31. The van der Waals surface area contributed by atoms with E-state index in [1.807, 2.05) is 26.0 Å². The lowest BCUT2D eigenvalue weighted by Crippen LogP contribution is -2.27. The molecule has 0 aliphatic heterocycles. The summed E-state index contributed by atoms with van der Waals surface area (Å²) in [6.45, 7) is 4.26. The Kier molecular flexibility index (Phi) is 4.17. The molecular weight excluding hydrogens is 264 g/mol. The van der Waals surface area contributed by atoms with Gasteiger partial charge in [-0.05, 0) is 48.7 Å². The number of rotatable bonds is 3. The fourth-order valence-electron chi connectivity index (χ4n) is 2.31. The van der Waals surface area contributed by atoms with E-state index in [2.05, 4.69) is 0 Å². The van der Waals surface area contributed by atoms with Crippen molar-refractivity contribution in [1.82, 2.24) is 4.90 Å². The summed E-state index contributed by atoms with van der Waals surface area (Å²) in [7, 11) is 1.74. The number of phenols is 1. The number of hydrogen-bond donors (Lipinski definition) is 2. The Labute approximate surface area is 124 Å². The topological polar surface area (TPSA) is 66.6 Å². The van der Waals surface area contributed by atoms with Gasteiger partial charge in [0.2, 0.25) is 0 Å². The lowest BCUT2D eigenvalue weighted by Gasteiger charge is -2.19. The second-order valence-corrected chi connectivity index (χ2v) is 5.35. The Morgan fingerprint density at radius 1 is 1.19 bits per heavy atom. The summed E-state index contributed by atoms with van der Waals surface area (Å²) in [5, 5.41) is 9.47. The summed E-state index contributed by atoms with van der Waals surface area (Å²) in [4.78, 5) is 14.1. The van der Waals surface area contributed by atoms with Gasteiger partial charge in [-0.1, -0.05) is 18.2 Å². The van der Waals surface area contributed by atoms with Crippen LogP contribution in [0.4, 0.5) is 5.69 Å². The number of aromatic hydroxyl groups is 1. The van der Waals surface area contributed by atoms with Crippen molar-refractivity contribution in [2.24, 2.45) is 0 Å². The largest absolute Gasteiger partial charge is 0.508 e. The van der Waals surface area contributed by atoms with Crippen LogP contribution in [-0.2, 0) is 6.54 Å². The molecule has 0 fully saturated rings. The van der Waals surface area contributed by atoms with E-state index in [-0.39, 0.29) is 11.7 Å². The monoisotopic (exact) mass is 284 g/mol. The molecule has 0 heterocycles. The molecule has 0 aromatic heterocycles. The predicted molar refractivity (Wildman–Crippen MR) is 84.2 cm³/mol. The van der Waals surface area contributed by atoms with Crippen molar-refractivity contribution in [3.05, 3.63) is 58.7 Å². The zero-order valence-electron chi connectivity index (χ0n) is 12.6. The molecule has 0 radical (unpaired) electrons. The standard InChI is InChI=1S/C17H20N2O2/c1-11-7-12(2)16(18)9-15(11)17(21)19(3)10-13-5-4-6-14(20)8-13/h4-9,20H,10,18H2,1-3H3. The van der Waals surface area contributed by atoms with Crippen molar-refractivity contribution in [1.29, 1.82) is 0 Å². The maximum absolute atomic E-state index is 12.5. The van der Waals surface area contributed by atoms with Crippen LogP contribution in [0.15, 0.2) is 36.4 Å². The minimum absolute atomic E-state index is 0.0810. The van der Waals surface area contributed by atoms with Gasteiger partial charge in [-0.15, -0.1) is 0 Å². The van der Waals surface area contributed by atoms with Crippen LogP contribution in [0.5, 0.6) is 5.75 Å². The number of phenolic OH excluding ortho intramolecular Hbond substituents is 1. The van der Waals surface area contributed by atoms with Gasteiger partial charge in [-0.25, -0.2) is 0 Å². The Morgan fingerprint density at radius 3 is 2.57 bits per heavy atom. The van der Waals surface area contributed by atoms with E-state index >= 15 is 0 Å². The Balaban J connectivity index is 2.22. The molecule has 0 aliphatic rings. The lowest BCUT2D eigenvalue weighted by molar-refractivity contribution is 0.0784. The molecule has 3 N–H and O–H groups in total. The normalized spacial score (nSPS) is 10.4. The second kappa shape index (κ2) is 5.87. The number of nitrogens with two attached hydrogens (primary N) is 1. The number of benzene rings is 2. The second-order valence-electron chi connectivity index (χ2n) is 5.35. The summed E-state index contributed by atoms with van der Waals surface area (Å²) in [6, 6.07) is 10.5. The van der Waals surface area contributed by atoms with Gasteiger partial charge < -0.3 is 15.7 Å². The van der Waals surface area contributed by atoms with Gasteiger partial charge in [0.1, 0.15) is 5.75 Å². The Morgan fingerprint density at radius 2 is 1.90 bits per heavy atom. The maximum atomic E-state index is 12.5. The summed E-state index contributed by atoms with van der Waals surface area (Å²) in [5.41, 5.74) is 9.89. The van der Waals surface area contributed by atoms with E-state index in [4.69, 9.17) is 5.73 Å². The molecule has 0 aliphatic carbocycles. The maximum Gasteiger partial charge on any atom is 0.254 e. The van der Waals surface area contributed by atoms with Gasteiger partial charge in [0, 0.05) is 24.8 Å². The van der Waals surface area contributed by atoms with Gasteiger partial charge in [-0.3, -0.25) is 4.79 Å². The van der Waals surface area contributed by atoms with Crippen molar-refractivity contribution in [2.75, 3.05) is 12.8 Å². The van der Waals surface area contributed by atoms with Crippen molar-refractivity contribution >= 4 is 11.6 Å². The van der Waals surface area contributed by atoms with Gasteiger partial charge in [0.15, 0.2) is 0 Å². The molecule has 0 saturated heterocycles. The highest BCUT2D eigenvalue weighted by Crippen LogP contribution is 2.20. The molecular formula is C17H20N2O2. The zero-order valence-corrected chi connectivity index (χ0v) is 12.6. The van der Waals surface area contributed by atoms with Crippen LogP contribution in [0.2, 0.25) is 0 Å². The minimum atomic E-state index is -0.0810. The highest BCUT2D eigenvalue weighted by Gasteiger charge is 2.15. The minimum Gasteiger partial charge on any atom is -0.508 e. The number of nitrogen functional groups attached to an aromatic ring is 1. The van der Waals surface area contributed by atoms with E-state index < -0.39 is 0 Å². The first kappa shape index (κ1) is 14.9. The van der Waals surface area contributed by atoms with E-state index in [1.165, 1.54) is 0 Å². The third kappa shape index (κ3) is 3.34. The van der Waals surface area contributed by atoms with E-state index in [1.54, 1.807) is 36.2 Å². The number of aryl methyl sites for hydroxylation is 2. The van der Waals surface area contributed by atoms with Crippen LogP contribution in [0.3, 0.4) is 0 Å². The smallest absolute Gasteiger partial charge is 0.254 e. The number of carbonyl (C=O) groups is 1. The van der Waals surface area contributed by atoms with Crippen molar-refractivity contribution < 1.29 is 9.90 Å². The average Bonchev–Trinajstić information content (AvgIpc) is 2.42. The highest BCUT2D eigenvalue weighted by molar-refractivity contribution is 5.96. The molecule has 4 nitrogen and oxygen atoms in total. The Bertz CT molecular complexity index is 680. The quantitative estimate of drug-likeness (QED) is 0.852. The molecule has 0 spiro atoms. The molecule has 0 atom stereocenters. The van der Waals surface area contributed by atoms with E-state index in [0.29, 0.717) is 17.8 Å². The van der Waals surface area contributed by atoms with Crippen LogP contribution < -0.4 is 5.73 Å². The summed E-state index contributed by atoms with van der Waals surface area (Å²) in [5.74, 6) is 0.117. The first-order valence-electron chi connectivity index (χ1n) is 6.78.